The predicted octanol–water partition coefficient (Wildman–Crippen LogP) is 5.74. The van der Waals surface area contributed by atoms with Gasteiger partial charge in [0, 0.05) is 50.1 Å². The van der Waals surface area contributed by atoms with Crippen molar-refractivity contribution in [3.05, 3.63) is 82.2 Å². The van der Waals surface area contributed by atoms with Crippen LogP contribution in [0.4, 0.5) is 11.4 Å². The highest BCUT2D eigenvalue weighted by Gasteiger charge is 2.31. The third-order valence-electron chi connectivity index (χ3n) is 7.52. The molecular weight excluding hydrogens is 476 g/mol. The van der Waals surface area contributed by atoms with Crippen molar-refractivity contribution in [1.82, 2.24) is 9.88 Å². The third kappa shape index (κ3) is 5.78. The lowest BCUT2D eigenvalue weighted by atomic mass is 9.78. The molecule has 0 bridgehead atoms. The zero-order valence-electron chi connectivity index (χ0n) is 23.3. The van der Waals surface area contributed by atoms with Crippen molar-refractivity contribution >= 4 is 17.3 Å². The summed E-state index contributed by atoms with van der Waals surface area (Å²) in [6, 6.07) is 12.3. The zero-order valence-corrected chi connectivity index (χ0v) is 23.3. The van der Waals surface area contributed by atoms with Gasteiger partial charge in [-0.2, -0.15) is 0 Å². The SMILES string of the molecule is CCNc1ccc(C(c2ccc(C)c(CN3Cc4cnccc4OC(C)(C)C3)c2)C(C)C(=O)O)c(C)c1N. The minimum Gasteiger partial charge on any atom is -0.486 e. The van der Waals surface area contributed by atoms with Crippen LogP contribution < -0.4 is 15.8 Å². The van der Waals surface area contributed by atoms with Crippen LogP contribution >= 0.6 is 0 Å². The number of nitrogens with zero attached hydrogens (tertiary/aromatic N) is 2. The van der Waals surface area contributed by atoms with Crippen molar-refractivity contribution in [2.24, 2.45) is 5.92 Å². The molecule has 202 valence electrons. The number of rotatable bonds is 8. The summed E-state index contributed by atoms with van der Waals surface area (Å²) in [5.74, 6) is -0.917. The second-order valence-electron chi connectivity index (χ2n) is 11.1. The van der Waals surface area contributed by atoms with Gasteiger partial charge in [-0.1, -0.05) is 31.2 Å². The molecule has 0 radical (unpaired) electrons. The summed E-state index contributed by atoms with van der Waals surface area (Å²) in [5, 5.41) is 13.4. The number of hydrogen-bond acceptors (Lipinski definition) is 6. The molecule has 2 heterocycles. The van der Waals surface area contributed by atoms with Crippen molar-refractivity contribution in [3.8, 4) is 5.75 Å². The minimum absolute atomic E-state index is 0.335. The van der Waals surface area contributed by atoms with Gasteiger partial charge in [0.05, 0.1) is 17.3 Å². The molecule has 2 unspecified atom stereocenters. The largest absolute Gasteiger partial charge is 0.486 e. The van der Waals surface area contributed by atoms with E-state index in [1.165, 1.54) is 11.1 Å². The average Bonchev–Trinajstić information content (AvgIpc) is 2.99. The summed E-state index contributed by atoms with van der Waals surface area (Å²) in [6.07, 6.45) is 3.64. The van der Waals surface area contributed by atoms with Crippen LogP contribution in [0.3, 0.4) is 0 Å². The van der Waals surface area contributed by atoms with Crippen LogP contribution in [-0.4, -0.2) is 39.7 Å². The van der Waals surface area contributed by atoms with Crippen molar-refractivity contribution in [2.75, 3.05) is 24.1 Å². The molecule has 7 nitrogen and oxygen atoms in total. The molecule has 0 amide bonds. The highest BCUT2D eigenvalue weighted by atomic mass is 16.5. The number of aromatic nitrogens is 1. The number of pyridine rings is 1. The number of ether oxygens (including phenoxy) is 1. The van der Waals surface area contributed by atoms with Gasteiger partial charge in [0.25, 0.3) is 0 Å². The molecule has 0 saturated heterocycles. The van der Waals surface area contributed by atoms with Crippen LogP contribution in [0.2, 0.25) is 0 Å². The third-order valence-corrected chi connectivity index (χ3v) is 7.52. The summed E-state index contributed by atoms with van der Waals surface area (Å²) in [7, 11) is 0. The average molecular weight is 517 g/mol. The molecule has 1 aliphatic heterocycles. The Hall–Kier alpha value is -3.58. The van der Waals surface area contributed by atoms with Gasteiger partial charge in [-0.15, -0.1) is 0 Å². The Kier molecular flexibility index (Phi) is 7.97. The molecule has 2 atom stereocenters. The Labute approximate surface area is 226 Å². The number of nitrogens with one attached hydrogen (secondary N) is 1. The van der Waals surface area contributed by atoms with Crippen LogP contribution in [0.15, 0.2) is 48.8 Å². The van der Waals surface area contributed by atoms with Crippen LogP contribution in [0, 0.1) is 19.8 Å². The first kappa shape index (κ1) is 27.5. The van der Waals surface area contributed by atoms with Crippen molar-refractivity contribution in [3.63, 3.8) is 0 Å². The monoisotopic (exact) mass is 516 g/mol. The van der Waals surface area contributed by atoms with Gasteiger partial charge in [-0.05, 0) is 74.6 Å². The van der Waals surface area contributed by atoms with E-state index in [4.69, 9.17) is 10.5 Å². The summed E-state index contributed by atoms with van der Waals surface area (Å²) in [6.45, 7) is 15.1. The van der Waals surface area contributed by atoms with Gasteiger partial charge >= 0.3 is 5.97 Å². The highest BCUT2D eigenvalue weighted by Crippen LogP contribution is 2.39. The molecule has 1 aliphatic rings. The molecule has 0 fully saturated rings. The van der Waals surface area contributed by atoms with E-state index in [0.29, 0.717) is 5.69 Å². The number of carboxylic acid groups (broad SMARTS) is 1. The Morgan fingerprint density at radius 3 is 2.71 bits per heavy atom. The lowest BCUT2D eigenvalue weighted by molar-refractivity contribution is -0.141. The lowest BCUT2D eigenvalue weighted by Gasteiger charge is -2.30. The van der Waals surface area contributed by atoms with Crippen molar-refractivity contribution in [2.45, 2.75) is 66.2 Å². The van der Waals surface area contributed by atoms with E-state index < -0.39 is 11.9 Å². The number of aryl methyl sites for hydroxylation is 1. The second kappa shape index (κ2) is 11.0. The summed E-state index contributed by atoms with van der Waals surface area (Å²) in [5.41, 5.74) is 13.9. The van der Waals surface area contributed by atoms with Crippen LogP contribution in [0.5, 0.6) is 5.75 Å². The van der Waals surface area contributed by atoms with E-state index >= 15 is 0 Å². The van der Waals surface area contributed by atoms with Crippen LogP contribution in [-0.2, 0) is 17.9 Å². The first-order chi connectivity index (χ1) is 18.0. The first-order valence-electron chi connectivity index (χ1n) is 13.3. The smallest absolute Gasteiger partial charge is 0.307 e. The molecule has 0 saturated carbocycles. The number of fused-ring (bicyclic) bond motifs is 1. The maximum atomic E-state index is 12.3. The predicted molar refractivity (Wildman–Crippen MR) is 153 cm³/mol. The highest BCUT2D eigenvalue weighted by molar-refractivity contribution is 5.75. The lowest BCUT2D eigenvalue weighted by Crippen LogP contribution is -2.40. The quantitative estimate of drug-likeness (QED) is 0.328. The Morgan fingerprint density at radius 2 is 2.00 bits per heavy atom. The second-order valence-corrected chi connectivity index (χ2v) is 11.1. The first-order valence-corrected chi connectivity index (χ1v) is 13.3. The molecule has 0 spiro atoms. The van der Waals surface area contributed by atoms with E-state index in [0.717, 1.165) is 59.9 Å². The van der Waals surface area contributed by atoms with E-state index in [9.17, 15) is 9.90 Å². The van der Waals surface area contributed by atoms with Crippen LogP contribution in [0.1, 0.15) is 67.0 Å². The Balaban J connectivity index is 1.73. The summed E-state index contributed by atoms with van der Waals surface area (Å²) < 4.78 is 6.31. The molecule has 2 aromatic carbocycles. The maximum absolute atomic E-state index is 12.3. The standard InChI is InChI=1S/C31H40N4O3/c1-7-34-26-11-10-25(20(3)29(26)32)28(21(4)30(36)37)22-9-8-19(2)23(14-22)16-35-17-24-15-33-13-12-27(24)38-31(5,6)18-35/h8-15,21,28,34H,7,16-18,32H2,1-6H3,(H,36,37). The number of anilines is 2. The normalized spacial score (nSPS) is 16.6. The number of nitrogens with two attached hydrogens (primary N) is 1. The fourth-order valence-electron chi connectivity index (χ4n) is 5.51. The molecule has 7 heteroatoms. The minimum atomic E-state index is -0.832. The van der Waals surface area contributed by atoms with Gasteiger partial charge in [0.2, 0.25) is 0 Å². The van der Waals surface area contributed by atoms with E-state index in [-0.39, 0.29) is 11.5 Å². The maximum Gasteiger partial charge on any atom is 0.307 e. The molecular formula is C31H40N4O3. The molecule has 0 aliphatic carbocycles. The van der Waals surface area contributed by atoms with E-state index in [1.54, 1.807) is 13.1 Å². The van der Waals surface area contributed by atoms with Gasteiger partial charge in [-0.3, -0.25) is 14.7 Å². The van der Waals surface area contributed by atoms with Gasteiger partial charge in [-0.25, -0.2) is 0 Å². The van der Waals surface area contributed by atoms with Crippen molar-refractivity contribution in [1.29, 1.82) is 0 Å². The topological polar surface area (TPSA) is 101 Å². The number of carboxylic acids is 1. The number of carbonyl (C=O) groups is 1. The number of nitrogen functional groups attached to an aromatic ring is 1. The van der Waals surface area contributed by atoms with Crippen LogP contribution in [0.25, 0.3) is 0 Å². The molecule has 4 rings (SSSR count). The fourth-order valence-corrected chi connectivity index (χ4v) is 5.51. The number of hydrogen-bond donors (Lipinski definition) is 3. The summed E-state index contributed by atoms with van der Waals surface area (Å²) in [4.78, 5) is 19.0. The zero-order chi connectivity index (χ0) is 27.6. The van der Waals surface area contributed by atoms with Gasteiger partial charge in [0.1, 0.15) is 11.4 Å². The number of aliphatic carboxylic acids is 1. The van der Waals surface area contributed by atoms with Crippen molar-refractivity contribution < 1.29 is 14.6 Å². The molecule has 1 aromatic heterocycles. The Morgan fingerprint density at radius 1 is 1.24 bits per heavy atom. The Bertz CT molecular complexity index is 1320. The molecule has 38 heavy (non-hydrogen) atoms. The fraction of sp³-hybridized carbons (Fsp3) is 0.419. The van der Waals surface area contributed by atoms with E-state index in [1.807, 2.05) is 38.2 Å². The van der Waals surface area contributed by atoms with Gasteiger partial charge < -0.3 is 20.9 Å². The van der Waals surface area contributed by atoms with Gasteiger partial charge in [0.15, 0.2) is 0 Å². The molecule has 4 N–H and O–H groups in total. The molecule has 3 aromatic rings. The summed E-state index contributed by atoms with van der Waals surface area (Å²) >= 11 is 0. The van der Waals surface area contributed by atoms with E-state index in [2.05, 4.69) is 54.2 Å². The number of benzene rings is 2.